The summed E-state index contributed by atoms with van der Waals surface area (Å²) in [5.41, 5.74) is 4.85. The topological polar surface area (TPSA) is 31.6 Å². The SMILES string of the molecule is [K].c1ccc2c(c1)[nH]c1ccccc12.c1ccc2c(c1)[nH]c1ccccc12. The van der Waals surface area contributed by atoms with Crippen molar-refractivity contribution in [3.8, 4) is 0 Å². The summed E-state index contributed by atoms with van der Waals surface area (Å²) >= 11 is 0. The first-order valence-electron chi connectivity index (χ1n) is 8.81. The summed E-state index contributed by atoms with van der Waals surface area (Å²) in [6.07, 6.45) is 0. The van der Waals surface area contributed by atoms with Crippen LogP contribution >= 0.6 is 0 Å². The minimum absolute atomic E-state index is 0. The van der Waals surface area contributed by atoms with Crippen LogP contribution in [0.5, 0.6) is 0 Å². The number of fused-ring (bicyclic) bond motifs is 6. The van der Waals surface area contributed by atoms with Crippen LogP contribution in [0.4, 0.5) is 0 Å². The second kappa shape index (κ2) is 8.01. The van der Waals surface area contributed by atoms with Gasteiger partial charge in [-0.2, -0.15) is 0 Å². The third-order valence-corrected chi connectivity index (χ3v) is 4.83. The number of nitrogens with one attached hydrogen (secondary N) is 2. The summed E-state index contributed by atoms with van der Waals surface area (Å²) in [5.74, 6) is 0. The van der Waals surface area contributed by atoms with E-state index in [1.54, 1.807) is 0 Å². The maximum atomic E-state index is 3.38. The number of para-hydroxylation sites is 4. The molecule has 0 atom stereocenters. The zero-order valence-corrected chi connectivity index (χ0v) is 18.4. The van der Waals surface area contributed by atoms with E-state index in [4.69, 9.17) is 0 Å². The molecule has 6 rings (SSSR count). The average Bonchev–Trinajstić information content (AvgIpc) is 3.27. The minimum atomic E-state index is 0. The van der Waals surface area contributed by atoms with Gasteiger partial charge in [0, 0.05) is 95.0 Å². The molecule has 27 heavy (non-hydrogen) atoms. The van der Waals surface area contributed by atoms with E-state index in [1.807, 2.05) is 0 Å². The molecule has 125 valence electrons. The summed E-state index contributed by atoms with van der Waals surface area (Å²) in [6, 6.07) is 33.5. The maximum Gasteiger partial charge on any atom is 0.0464 e. The number of H-pyrrole nitrogens is 2. The van der Waals surface area contributed by atoms with Crippen LogP contribution in [0.3, 0.4) is 0 Å². The summed E-state index contributed by atoms with van der Waals surface area (Å²) < 4.78 is 0. The van der Waals surface area contributed by atoms with Crippen LogP contribution in [0.1, 0.15) is 0 Å². The molecule has 2 aromatic heterocycles. The fourth-order valence-electron chi connectivity index (χ4n) is 3.60. The maximum absolute atomic E-state index is 3.38. The number of hydrogen-bond donors (Lipinski definition) is 2. The van der Waals surface area contributed by atoms with Crippen molar-refractivity contribution in [3.05, 3.63) is 97.1 Å². The zero-order chi connectivity index (χ0) is 17.3. The quantitative estimate of drug-likeness (QED) is 0.294. The predicted molar refractivity (Wildman–Crippen MR) is 117 cm³/mol. The molecule has 4 aromatic carbocycles. The van der Waals surface area contributed by atoms with Gasteiger partial charge in [-0.05, 0) is 24.3 Å². The Kier molecular flexibility index (Phi) is 5.48. The molecule has 1 radical (unpaired) electrons. The van der Waals surface area contributed by atoms with E-state index < -0.39 is 0 Å². The van der Waals surface area contributed by atoms with Gasteiger partial charge in [0.15, 0.2) is 0 Å². The Morgan fingerprint density at radius 3 is 0.815 bits per heavy atom. The van der Waals surface area contributed by atoms with Gasteiger partial charge in [-0.25, -0.2) is 0 Å². The predicted octanol–water partition coefficient (Wildman–Crippen LogP) is 6.26. The smallest absolute Gasteiger partial charge is 0.0464 e. The minimum Gasteiger partial charge on any atom is -0.355 e. The Morgan fingerprint density at radius 1 is 0.333 bits per heavy atom. The second-order valence-corrected chi connectivity index (χ2v) is 6.43. The molecule has 2 nitrogen and oxygen atoms in total. The Labute approximate surface area is 200 Å². The summed E-state index contributed by atoms with van der Waals surface area (Å²) in [7, 11) is 0. The molecular weight excluding hydrogens is 355 g/mol. The van der Waals surface area contributed by atoms with Crippen LogP contribution in [0.15, 0.2) is 97.1 Å². The van der Waals surface area contributed by atoms with Gasteiger partial charge in [-0.1, -0.05) is 72.8 Å². The zero-order valence-electron chi connectivity index (χ0n) is 15.2. The first-order chi connectivity index (χ1) is 12.9. The fraction of sp³-hybridized carbons (Fsp3) is 0. The van der Waals surface area contributed by atoms with Gasteiger partial charge in [-0.3, -0.25) is 0 Å². The van der Waals surface area contributed by atoms with Gasteiger partial charge in [0.1, 0.15) is 0 Å². The summed E-state index contributed by atoms with van der Waals surface area (Å²) in [4.78, 5) is 6.76. The van der Waals surface area contributed by atoms with Gasteiger partial charge in [-0.15, -0.1) is 0 Å². The van der Waals surface area contributed by atoms with Crippen LogP contribution < -0.4 is 0 Å². The number of aromatic nitrogens is 2. The van der Waals surface area contributed by atoms with Crippen LogP contribution in [0.25, 0.3) is 43.6 Å². The number of hydrogen-bond acceptors (Lipinski definition) is 0. The van der Waals surface area contributed by atoms with Crippen molar-refractivity contribution in [1.82, 2.24) is 9.97 Å². The van der Waals surface area contributed by atoms with Crippen molar-refractivity contribution in [3.63, 3.8) is 0 Å². The number of rotatable bonds is 0. The van der Waals surface area contributed by atoms with E-state index in [9.17, 15) is 0 Å². The molecule has 0 amide bonds. The first kappa shape index (κ1) is 18.5. The molecule has 0 aliphatic carbocycles. The van der Waals surface area contributed by atoms with Crippen LogP contribution in [0, 0.1) is 0 Å². The molecule has 3 heteroatoms. The van der Waals surface area contributed by atoms with E-state index in [2.05, 4.69) is 107 Å². The van der Waals surface area contributed by atoms with Crippen molar-refractivity contribution >= 4 is 95.0 Å². The monoisotopic (exact) mass is 373 g/mol. The van der Waals surface area contributed by atoms with Crippen molar-refractivity contribution in [1.29, 1.82) is 0 Å². The first-order valence-corrected chi connectivity index (χ1v) is 8.81. The van der Waals surface area contributed by atoms with Crippen molar-refractivity contribution < 1.29 is 0 Å². The molecule has 0 aliphatic rings. The van der Waals surface area contributed by atoms with Crippen molar-refractivity contribution in [2.45, 2.75) is 0 Å². The van der Waals surface area contributed by atoms with Gasteiger partial charge < -0.3 is 9.97 Å². The molecule has 2 heterocycles. The van der Waals surface area contributed by atoms with Crippen LogP contribution in [0.2, 0.25) is 0 Å². The largest absolute Gasteiger partial charge is 0.355 e. The molecule has 0 spiro atoms. The Morgan fingerprint density at radius 2 is 0.556 bits per heavy atom. The van der Waals surface area contributed by atoms with Crippen LogP contribution in [-0.4, -0.2) is 61.4 Å². The second-order valence-electron chi connectivity index (χ2n) is 6.43. The molecule has 0 fully saturated rings. The van der Waals surface area contributed by atoms with Crippen molar-refractivity contribution in [2.24, 2.45) is 0 Å². The average molecular weight is 374 g/mol. The molecule has 2 N–H and O–H groups in total. The number of aromatic amines is 2. The molecular formula is C24H18KN2. The van der Waals surface area contributed by atoms with E-state index in [-0.39, 0.29) is 51.4 Å². The van der Waals surface area contributed by atoms with Gasteiger partial charge in [0.25, 0.3) is 0 Å². The van der Waals surface area contributed by atoms with E-state index in [0.29, 0.717) is 0 Å². The van der Waals surface area contributed by atoms with E-state index in [0.717, 1.165) is 0 Å². The molecule has 0 saturated heterocycles. The third kappa shape index (κ3) is 3.49. The van der Waals surface area contributed by atoms with Gasteiger partial charge in [0.2, 0.25) is 0 Å². The molecule has 6 aromatic rings. The normalized spacial score (nSPS) is 10.7. The Balaban J connectivity index is 0.000000129. The van der Waals surface area contributed by atoms with Gasteiger partial charge in [0.05, 0.1) is 0 Å². The summed E-state index contributed by atoms with van der Waals surface area (Å²) in [5, 5.41) is 5.22. The Bertz CT molecular complexity index is 1140. The molecule has 0 saturated carbocycles. The summed E-state index contributed by atoms with van der Waals surface area (Å²) in [6.45, 7) is 0. The standard InChI is InChI=1S/2C12H9N.K/c2*1-3-7-11-9(5-1)10-6-2-4-8-12(10)13-11;/h2*1-8,13H;. The fourth-order valence-corrected chi connectivity index (χ4v) is 3.60. The van der Waals surface area contributed by atoms with Crippen molar-refractivity contribution in [2.75, 3.05) is 0 Å². The molecule has 0 bridgehead atoms. The van der Waals surface area contributed by atoms with E-state index >= 15 is 0 Å². The van der Waals surface area contributed by atoms with Crippen LogP contribution in [-0.2, 0) is 0 Å². The third-order valence-electron chi connectivity index (χ3n) is 4.83. The number of benzene rings is 4. The Hall–Kier alpha value is -1.88. The molecule has 0 aliphatic heterocycles. The van der Waals surface area contributed by atoms with E-state index in [1.165, 1.54) is 43.6 Å². The van der Waals surface area contributed by atoms with Gasteiger partial charge >= 0.3 is 0 Å². The molecule has 0 unspecified atom stereocenters.